The van der Waals surface area contributed by atoms with E-state index in [9.17, 15) is 0 Å². The highest BCUT2D eigenvalue weighted by atomic mass is 16.6. The largest absolute Gasteiger partial charge is 0.351 e. The first kappa shape index (κ1) is 8.10. The van der Waals surface area contributed by atoms with Gasteiger partial charge in [0.2, 0.25) is 0 Å². The fraction of sp³-hybridized carbons (Fsp3) is 1.00. The maximum absolute atomic E-state index is 5.81. The molecule has 0 saturated carbocycles. The van der Waals surface area contributed by atoms with Gasteiger partial charge >= 0.3 is 0 Å². The lowest BCUT2D eigenvalue weighted by Crippen LogP contribution is -2.57. The van der Waals surface area contributed by atoms with Crippen molar-refractivity contribution in [3.63, 3.8) is 0 Å². The maximum atomic E-state index is 5.81. The van der Waals surface area contributed by atoms with Crippen LogP contribution in [-0.4, -0.2) is 49.4 Å². The third-order valence-corrected chi connectivity index (χ3v) is 2.97. The molecular weight excluding hydrogens is 170 g/mol. The van der Waals surface area contributed by atoms with Crippen molar-refractivity contribution in [2.45, 2.75) is 30.8 Å². The molecular formula is C7H15N5O. The normalized spacial score (nSPS) is 55.4. The maximum Gasteiger partial charge on any atom is 0.139 e. The van der Waals surface area contributed by atoms with Gasteiger partial charge in [0.1, 0.15) is 18.6 Å². The van der Waals surface area contributed by atoms with Gasteiger partial charge in [-0.15, -0.1) is 0 Å². The van der Waals surface area contributed by atoms with Crippen molar-refractivity contribution in [3.05, 3.63) is 0 Å². The number of ether oxygens (including phenoxy) is 1. The van der Waals surface area contributed by atoms with E-state index in [1.807, 2.05) is 0 Å². The van der Waals surface area contributed by atoms with E-state index in [1.54, 1.807) is 0 Å². The van der Waals surface area contributed by atoms with Crippen LogP contribution in [0.3, 0.4) is 0 Å². The minimum Gasteiger partial charge on any atom is -0.351 e. The van der Waals surface area contributed by atoms with Crippen molar-refractivity contribution in [1.29, 1.82) is 0 Å². The molecule has 3 aliphatic heterocycles. The van der Waals surface area contributed by atoms with Crippen molar-refractivity contribution in [3.8, 4) is 0 Å². The van der Waals surface area contributed by atoms with Crippen molar-refractivity contribution in [1.82, 2.24) is 20.9 Å². The molecule has 0 spiro atoms. The predicted molar refractivity (Wildman–Crippen MR) is 46.2 cm³/mol. The van der Waals surface area contributed by atoms with Crippen LogP contribution in [0, 0.1) is 0 Å². The van der Waals surface area contributed by atoms with Crippen LogP contribution in [0.5, 0.6) is 0 Å². The first-order chi connectivity index (χ1) is 6.25. The van der Waals surface area contributed by atoms with E-state index in [1.165, 1.54) is 0 Å². The lowest BCUT2D eigenvalue weighted by molar-refractivity contribution is 0.184. The summed E-state index contributed by atoms with van der Waals surface area (Å²) in [5, 5.41) is 9.85. The number of epoxide rings is 1. The first-order valence-electron chi connectivity index (χ1n) is 4.62. The second-order valence-electron chi connectivity index (χ2n) is 3.92. The highest BCUT2D eigenvalue weighted by Crippen LogP contribution is 2.29. The zero-order valence-electron chi connectivity index (χ0n) is 7.53. The number of hydrogen-bond acceptors (Lipinski definition) is 6. The van der Waals surface area contributed by atoms with E-state index in [0.717, 1.165) is 6.67 Å². The Kier molecular flexibility index (Phi) is 1.64. The molecule has 6 heteroatoms. The molecule has 13 heavy (non-hydrogen) atoms. The van der Waals surface area contributed by atoms with Crippen molar-refractivity contribution < 1.29 is 4.74 Å². The summed E-state index contributed by atoms with van der Waals surface area (Å²) >= 11 is 0. The van der Waals surface area contributed by atoms with Crippen molar-refractivity contribution in [2.75, 3.05) is 13.7 Å². The Morgan fingerprint density at radius 1 is 1.46 bits per heavy atom. The summed E-state index contributed by atoms with van der Waals surface area (Å²) in [6.07, 6.45) is 0.514. The number of nitrogens with zero attached hydrogens (tertiary/aromatic N) is 1. The standard InChI is InChI=1S/C7H15N5O/c1-12-2-9-3-4-6(13-4)11-7(8)10-5(3)12/h3-7,9-11H,2,8H2,1H3. The summed E-state index contributed by atoms with van der Waals surface area (Å²) in [5.74, 6) is 0. The average Bonchev–Trinajstić information content (AvgIpc) is 2.74. The number of fused-ring (bicyclic) bond motifs is 3. The lowest BCUT2D eigenvalue weighted by atomic mass is 10.2. The molecule has 3 rings (SSSR count). The number of nitrogens with two attached hydrogens (primary N) is 1. The van der Waals surface area contributed by atoms with Crippen LogP contribution in [-0.2, 0) is 4.74 Å². The third-order valence-electron chi connectivity index (χ3n) is 2.97. The van der Waals surface area contributed by atoms with E-state index >= 15 is 0 Å². The van der Waals surface area contributed by atoms with E-state index in [-0.39, 0.29) is 24.8 Å². The quantitative estimate of drug-likeness (QED) is 0.308. The molecule has 0 amide bonds. The highest BCUT2D eigenvalue weighted by molar-refractivity contribution is 5.04. The number of rotatable bonds is 0. The number of nitrogens with one attached hydrogen (secondary N) is 3. The first-order valence-corrected chi connectivity index (χ1v) is 4.62. The molecule has 5 N–H and O–H groups in total. The van der Waals surface area contributed by atoms with Crippen molar-refractivity contribution >= 4 is 0 Å². The van der Waals surface area contributed by atoms with Crippen molar-refractivity contribution in [2.24, 2.45) is 5.73 Å². The van der Waals surface area contributed by atoms with Gasteiger partial charge in [-0.25, -0.2) is 0 Å². The van der Waals surface area contributed by atoms with Crippen LogP contribution < -0.4 is 21.7 Å². The Bertz CT molecular complexity index is 225. The Hall–Kier alpha value is -0.240. The van der Waals surface area contributed by atoms with E-state index < -0.39 is 0 Å². The Morgan fingerprint density at radius 3 is 3.15 bits per heavy atom. The molecule has 0 bridgehead atoms. The third kappa shape index (κ3) is 1.18. The van der Waals surface area contributed by atoms with E-state index in [4.69, 9.17) is 10.5 Å². The summed E-state index contributed by atoms with van der Waals surface area (Å²) in [5.41, 5.74) is 5.81. The van der Waals surface area contributed by atoms with Gasteiger partial charge in [0.25, 0.3) is 0 Å². The molecule has 5 unspecified atom stereocenters. The van der Waals surface area contributed by atoms with Gasteiger partial charge in [-0.1, -0.05) is 0 Å². The zero-order valence-corrected chi connectivity index (χ0v) is 7.53. The Balaban J connectivity index is 1.82. The second-order valence-corrected chi connectivity index (χ2v) is 3.92. The van der Waals surface area contributed by atoms with E-state index in [2.05, 4.69) is 27.9 Å². The minimum atomic E-state index is -0.174. The minimum absolute atomic E-state index is 0.136. The summed E-state index contributed by atoms with van der Waals surface area (Å²) in [6.45, 7) is 0.891. The highest BCUT2D eigenvalue weighted by Gasteiger charge is 2.53. The molecule has 3 aliphatic rings. The van der Waals surface area contributed by atoms with Crippen LogP contribution >= 0.6 is 0 Å². The number of hydrogen-bond donors (Lipinski definition) is 4. The van der Waals surface area contributed by atoms with E-state index in [0.29, 0.717) is 6.04 Å². The zero-order chi connectivity index (χ0) is 9.00. The molecule has 74 valence electrons. The fourth-order valence-electron chi connectivity index (χ4n) is 2.20. The SMILES string of the molecule is CN1CNC2C3OC3NC(N)NC21. The van der Waals surface area contributed by atoms with Crippen LogP contribution in [0.2, 0.25) is 0 Å². The molecule has 3 heterocycles. The molecule has 0 aromatic heterocycles. The van der Waals surface area contributed by atoms with Crippen LogP contribution in [0.1, 0.15) is 0 Å². The lowest BCUT2D eigenvalue weighted by Gasteiger charge is -2.25. The van der Waals surface area contributed by atoms with Gasteiger partial charge in [0.15, 0.2) is 0 Å². The molecule has 0 aliphatic carbocycles. The molecule has 0 aromatic rings. The summed E-state index contributed by atoms with van der Waals surface area (Å²) in [6, 6.07) is 0.357. The molecule has 0 radical (unpaired) electrons. The predicted octanol–water partition coefficient (Wildman–Crippen LogP) is -2.67. The molecule has 5 atom stereocenters. The Labute approximate surface area is 76.8 Å². The van der Waals surface area contributed by atoms with Crippen LogP contribution in [0.25, 0.3) is 0 Å². The summed E-state index contributed by atoms with van der Waals surface area (Å²) in [7, 11) is 2.07. The molecule has 3 saturated heterocycles. The summed E-state index contributed by atoms with van der Waals surface area (Å²) in [4.78, 5) is 2.20. The summed E-state index contributed by atoms with van der Waals surface area (Å²) < 4.78 is 5.47. The smallest absolute Gasteiger partial charge is 0.139 e. The van der Waals surface area contributed by atoms with Gasteiger partial charge in [0.05, 0.1) is 12.2 Å². The van der Waals surface area contributed by atoms with Gasteiger partial charge in [-0.2, -0.15) is 0 Å². The van der Waals surface area contributed by atoms with Gasteiger partial charge in [-0.3, -0.25) is 20.9 Å². The molecule has 0 aromatic carbocycles. The topological polar surface area (TPSA) is 77.9 Å². The molecule has 3 fully saturated rings. The average molecular weight is 185 g/mol. The Morgan fingerprint density at radius 2 is 2.31 bits per heavy atom. The fourth-order valence-corrected chi connectivity index (χ4v) is 2.20. The number of likely N-dealkylation sites (N-methyl/N-ethyl adjacent to an activating group) is 1. The molecule has 6 nitrogen and oxygen atoms in total. The monoisotopic (exact) mass is 185 g/mol. The van der Waals surface area contributed by atoms with Gasteiger partial charge in [-0.05, 0) is 7.05 Å². The van der Waals surface area contributed by atoms with Gasteiger partial charge < -0.3 is 10.5 Å². The second kappa shape index (κ2) is 2.63. The van der Waals surface area contributed by atoms with Crippen LogP contribution in [0.15, 0.2) is 0 Å². The van der Waals surface area contributed by atoms with Crippen LogP contribution in [0.4, 0.5) is 0 Å². The van der Waals surface area contributed by atoms with Gasteiger partial charge in [0, 0.05) is 6.67 Å².